The molecule has 1 heterocycles. The average molecular weight is 211 g/mol. The molecule has 14 heavy (non-hydrogen) atoms. The van der Waals surface area contributed by atoms with Crippen molar-refractivity contribution < 1.29 is 0 Å². The third-order valence-corrected chi connectivity index (χ3v) is 3.28. The molecule has 0 atom stereocenters. The molecular weight excluding hydrogens is 194 g/mol. The van der Waals surface area contributed by atoms with Gasteiger partial charge < -0.3 is 11.1 Å². The van der Waals surface area contributed by atoms with Gasteiger partial charge in [0.25, 0.3) is 0 Å². The summed E-state index contributed by atoms with van der Waals surface area (Å²) in [4.78, 5) is 4.02. The fraction of sp³-hybridized carbons (Fsp3) is 0.500. The average Bonchev–Trinajstić information content (AvgIpc) is 2.15. The monoisotopic (exact) mass is 211 g/mol. The number of hydrogen-bond donors (Lipinski definition) is 2. The number of anilines is 2. The molecule has 1 aromatic heterocycles. The zero-order valence-electron chi connectivity index (χ0n) is 8.87. The quantitative estimate of drug-likeness (QED) is 0.801. The van der Waals surface area contributed by atoms with Crippen LogP contribution in [-0.2, 0) is 0 Å². The van der Waals surface area contributed by atoms with E-state index in [9.17, 15) is 0 Å². The van der Waals surface area contributed by atoms with E-state index >= 15 is 0 Å². The van der Waals surface area contributed by atoms with Crippen LogP contribution in [0.4, 0.5) is 11.4 Å². The van der Waals surface area contributed by atoms with Crippen molar-refractivity contribution in [2.45, 2.75) is 18.6 Å². The van der Waals surface area contributed by atoms with Gasteiger partial charge in [0, 0.05) is 17.5 Å². The molecule has 0 bridgehead atoms. The van der Waals surface area contributed by atoms with E-state index in [2.05, 4.69) is 30.4 Å². The summed E-state index contributed by atoms with van der Waals surface area (Å²) in [6.45, 7) is 5.30. The molecule has 0 radical (unpaired) electrons. The van der Waals surface area contributed by atoms with Gasteiger partial charge in [0.15, 0.2) is 0 Å². The van der Waals surface area contributed by atoms with Gasteiger partial charge in [0.1, 0.15) is 0 Å². The van der Waals surface area contributed by atoms with Crippen LogP contribution in [0.1, 0.15) is 13.8 Å². The number of hydrogen-bond acceptors (Lipinski definition) is 4. The summed E-state index contributed by atoms with van der Waals surface area (Å²) in [7, 11) is 0. The molecule has 0 saturated carbocycles. The summed E-state index contributed by atoms with van der Waals surface area (Å²) >= 11 is 1.84. The molecule has 3 N–H and O–H groups in total. The van der Waals surface area contributed by atoms with Crippen LogP contribution in [0.3, 0.4) is 0 Å². The van der Waals surface area contributed by atoms with Crippen molar-refractivity contribution in [1.29, 1.82) is 0 Å². The second-order valence-electron chi connectivity index (χ2n) is 3.82. The van der Waals surface area contributed by atoms with Gasteiger partial charge in [-0.2, -0.15) is 11.8 Å². The first kappa shape index (κ1) is 11.2. The maximum absolute atomic E-state index is 5.62. The largest absolute Gasteiger partial charge is 0.397 e. The lowest BCUT2D eigenvalue weighted by atomic mass is 10.2. The van der Waals surface area contributed by atoms with Gasteiger partial charge in [0.05, 0.1) is 17.6 Å². The number of thioether (sulfide) groups is 1. The molecule has 3 nitrogen and oxygen atoms in total. The molecule has 0 amide bonds. The highest BCUT2D eigenvalue weighted by atomic mass is 32.2. The summed E-state index contributed by atoms with van der Waals surface area (Å²) in [5, 5.41) is 3.31. The van der Waals surface area contributed by atoms with Crippen molar-refractivity contribution in [2.24, 2.45) is 0 Å². The second kappa shape index (κ2) is 4.55. The predicted molar refractivity (Wildman–Crippen MR) is 64.7 cm³/mol. The summed E-state index contributed by atoms with van der Waals surface area (Å²) in [6.07, 6.45) is 5.54. The van der Waals surface area contributed by atoms with E-state index in [0.29, 0.717) is 5.69 Å². The zero-order valence-corrected chi connectivity index (χ0v) is 9.69. The van der Waals surface area contributed by atoms with Gasteiger partial charge in [-0.15, -0.1) is 0 Å². The van der Waals surface area contributed by atoms with Gasteiger partial charge in [0.2, 0.25) is 0 Å². The Morgan fingerprint density at radius 1 is 1.50 bits per heavy atom. The van der Waals surface area contributed by atoms with Crippen molar-refractivity contribution >= 4 is 23.1 Å². The number of rotatable bonds is 4. The third kappa shape index (κ3) is 3.46. The van der Waals surface area contributed by atoms with Crippen LogP contribution in [0, 0.1) is 0 Å². The van der Waals surface area contributed by atoms with E-state index in [1.165, 1.54) is 0 Å². The highest BCUT2D eigenvalue weighted by Gasteiger charge is 2.14. The van der Waals surface area contributed by atoms with Gasteiger partial charge in [-0.3, -0.25) is 4.98 Å². The molecule has 0 aliphatic heterocycles. The minimum Gasteiger partial charge on any atom is -0.397 e. The number of pyridine rings is 1. The maximum atomic E-state index is 5.62. The number of nitrogens with zero attached hydrogens (tertiary/aromatic N) is 1. The van der Waals surface area contributed by atoms with E-state index in [0.717, 1.165) is 12.2 Å². The molecule has 1 aromatic rings. The van der Waals surface area contributed by atoms with E-state index in [4.69, 9.17) is 5.73 Å². The van der Waals surface area contributed by atoms with Crippen LogP contribution in [-0.4, -0.2) is 22.5 Å². The Morgan fingerprint density at radius 2 is 2.21 bits per heavy atom. The third-order valence-electron chi connectivity index (χ3n) is 2.03. The SMILES string of the molecule is CSC(C)(C)CNc1cncc(N)c1. The normalized spacial score (nSPS) is 11.4. The van der Waals surface area contributed by atoms with E-state index in [1.807, 2.05) is 17.8 Å². The van der Waals surface area contributed by atoms with Gasteiger partial charge in [-0.25, -0.2) is 0 Å². The Kier molecular flexibility index (Phi) is 3.63. The fourth-order valence-electron chi connectivity index (χ4n) is 0.941. The molecule has 1 rings (SSSR count). The second-order valence-corrected chi connectivity index (χ2v) is 5.34. The summed E-state index contributed by atoms with van der Waals surface area (Å²) in [5.41, 5.74) is 7.29. The summed E-state index contributed by atoms with van der Waals surface area (Å²) < 4.78 is 0.227. The maximum Gasteiger partial charge on any atom is 0.0547 e. The fourth-order valence-corrected chi connectivity index (χ4v) is 1.16. The van der Waals surface area contributed by atoms with Crippen LogP contribution in [0.5, 0.6) is 0 Å². The van der Waals surface area contributed by atoms with Crippen LogP contribution in [0.25, 0.3) is 0 Å². The predicted octanol–water partition coefficient (Wildman–Crippen LogP) is 2.22. The molecule has 78 valence electrons. The minimum atomic E-state index is 0.227. The van der Waals surface area contributed by atoms with E-state index in [1.54, 1.807) is 12.4 Å². The van der Waals surface area contributed by atoms with Crippen LogP contribution >= 0.6 is 11.8 Å². The molecule has 0 aliphatic rings. The van der Waals surface area contributed by atoms with Crippen LogP contribution < -0.4 is 11.1 Å². The molecule has 4 heteroatoms. The lowest BCUT2D eigenvalue weighted by Gasteiger charge is -2.22. The van der Waals surface area contributed by atoms with Crippen LogP contribution in [0.15, 0.2) is 18.5 Å². The zero-order chi connectivity index (χ0) is 10.6. The first-order chi connectivity index (χ1) is 6.53. The number of aromatic nitrogens is 1. The Bertz CT molecular complexity index is 299. The van der Waals surface area contributed by atoms with Crippen LogP contribution in [0.2, 0.25) is 0 Å². The molecule has 0 aromatic carbocycles. The molecular formula is C10H17N3S. The lowest BCUT2D eigenvalue weighted by Crippen LogP contribution is -2.25. The van der Waals surface area contributed by atoms with E-state index in [-0.39, 0.29) is 4.75 Å². The highest BCUT2D eigenvalue weighted by Crippen LogP contribution is 2.21. The highest BCUT2D eigenvalue weighted by molar-refractivity contribution is 7.99. The van der Waals surface area contributed by atoms with Crippen molar-refractivity contribution in [3.05, 3.63) is 18.5 Å². The molecule has 0 saturated heterocycles. The molecule has 0 spiro atoms. The molecule has 0 fully saturated rings. The molecule has 0 aliphatic carbocycles. The summed E-state index contributed by atoms with van der Waals surface area (Å²) in [5.74, 6) is 0. The van der Waals surface area contributed by atoms with Crippen molar-refractivity contribution in [1.82, 2.24) is 4.98 Å². The Hall–Kier alpha value is -0.900. The van der Waals surface area contributed by atoms with Crippen molar-refractivity contribution in [3.63, 3.8) is 0 Å². The summed E-state index contributed by atoms with van der Waals surface area (Å²) in [6, 6.07) is 1.89. The van der Waals surface area contributed by atoms with Crippen molar-refractivity contribution in [3.8, 4) is 0 Å². The Labute approximate surface area is 89.5 Å². The van der Waals surface area contributed by atoms with Crippen molar-refractivity contribution in [2.75, 3.05) is 23.9 Å². The Balaban J connectivity index is 2.54. The number of nitrogen functional groups attached to an aromatic ring is 1. The lowest BCUT2D eigenvalue weighted by molar-refractivity contribution is 0.752. The van der Waals surface area contributed by atoms with Gasteiger partial charge in [-0.05, 0) is 26.2 Å². The number of nitrogens with two attached hydrogens (primary N) is 1. The topological polar surface area (TPSA) is 50.9 Å². The van der Waals surface area contributed by atoms with E-state index < -0.39 is 0 Å². The molecule has 0 unspecified atom stereocenters. The standard InChI is InChI=1S/C10H17N3S/c1-10(2,14-3)7-13-9-4-8(11)5-12-6-9/h4-6,13H,7,11H2,1-3H3. The number of nitrogens with one attached hydrogen (secondary N) is 1. The van der Waals surface area contributed by atoms with Gasteiger partial charge in [-0.1, -0.05) is 0 Å². The van der Waals surface area contributed by atoms with Gasteiger partial charge >= 0.3 is 0 Å². The minimum absolute atomic E-state index is 0.227. The first-order valence-electron chi connectivity index (χ1n) is 4.53. The Morgan fingerprint density at radius 3 is 2.79 bits per heavy atom. The first-order valence-corrected chi connectivity index (χ1v) is 5.75. The smallest absolute Gasteiger partial charge is 0.0547 e.